The smallest absolute Gasteiger partial charge is 0.0346 e. The maximum Gasteiger partial charge on any atom is 0.0346 e. The molecule has 1 aromatic rings. The summed E-state index contributed by atoms with van der Waals surface area (Å²) in [5.74, 6) is 0.733. The van der Waals surface area contributed by atoms with Crippen molar-refractivity contribution in [1.29, 1.82) is 0 Å². The van der Waals surface area contributed by atoms with E-state index in [1.54, 1.807) is 0 Å². The van der Waals surface area contributed by atoms with Gasteiger partial charge in [0.05, 0.1) is 0 Å². The predicted molar refractivity (Wildman–Crippen MR) is 67.1 cm³/mol. The van der Waals surface area contributed by atoms with Crippen molar-refractivity contribution in [1.82, 2.24) is 5.32 Å². The van der Waals surface area contributed by atoms with Crippen LogP contribution in [0.5, 0.6) is 0 Å². The summed E-state index contributed by atoms with van der Waals surface area (Å²) >= 11 is 0. The van der Waals surface area contributed by atoms with E-state index in [2.05, 4.69) is 57.4 Å². The number of aryl methyl sites for hydroxylation is 1. The first-order valence-corrected chi connectivity index (χ1v) is 5.96. The van der Waals surface area contributed by atoms with Gasteiger partial charge in [-0.2, -0.15) is 0 Å². The third-order valence-electron chi connectivity index (χ3n) is 3.23. The Kier molecular flexibility index (Phi) is 4.83. The Morgan fingerprint density at radius 1 is 1.20 bits per heavy atom. The summed E-state index contributed by atoms with van der Waals surface area (Å²) < 4.78 is 0. The Morgan fingerprint density at radius 3 is 2.33 bits per heavy atom. The van der Waals surface area contributed by atoms with Crippen LogP contribution in [-0.4, -0.2) is 7.05 Å². The average molecular weight is 205 g/mol. The van der Waals surface area contributed by atoms with E-state index in [1.807, 2.05) is 0 Å². The number of nitrogens with one attached hydrogen (secondary N) is 1. The summed E-state index contributed by atoms with van der Waals surface area (Å²) in [5.41, 5.74) is 2.77. The standard InChI is InChI=1S/C14H23N/c1-5-12(6-2)14(15-4)13-9-7-8-11(3)10-13/h7-10,12,14-15H,5-6H2,1-4H3. The quantitative estimate of drug-likeness (QED) is 0.773. The van der Waals surface area contributed by atoms with Crippen molar-refractivity contribution in [2.45, 2.75) is 39.7 Å². The van der Waals surface area contributed by atoms with E-state index in [0.29, 0.717) is 6.04 Å². The van der Waals surface area contributed by atoms with Gasteiger partial charge in [0, 0.05) is 6.04 Å². The van der Waals surface area contributed by atoms with Crippen molar-refractivity contribution in [2.75, 3.05) is 7.05 Å². The molecule has 0 bridgehead atoms. The van der Waals surface area contributed by atoms with Gasteiger partial charge in [0.2, 0.25) is 0 Å². The SMILES string of the molecule is CCC(CC)C(NC)c1cccc(C)c1. The molecule has 0 aliphatic rings. The van der Waals surface area contributed by atoms with Crippen LogP contribution in [-0.2, 0) is 0 Å². The van der Waals surface area contributed by atoms with Crippen LogP contribution in [0.3, 0.4) is 0 Å². The molecule has 0 aromatic heterocycles. The van der Waals surface area contributed by atoms with Crippen LogP contribution in [0.25, 0.3) is 0 Å². The Balaban J connectivity index is 2.90. The second-order valence-electron chi connectivity index (χ2n) is 4.26. The van der Waals surface area contributed by atoms with Gasteiger partial charge < -0.3 is 5.32 Å². The van der Waals surface area contributed by atoms with Crippen LogP contribution >= 0.6 is 0 Å². The second kappa shape index (κ2) is 5.92. The van der Waals surface area contributed by atoms with E-state index in [1.165, 1.54) is 24.0 Å². The summed E-state index contributed by atoms with van der Waals surface area (Å²) in [6.45, 7) is 6.70. The van der Waals surface area contributed by atoms with Crippen molar-refractivity contribution < 1.29 is 0 Å². The summed E-state index contributed by atoms with van der Waals surface area (Å²) in [6.07, 6.45) is 2.46. The van der Waals surface area contributed by atoms with Gasteiger partial charge in [0.1, 0.15) is 0 Å². The molecular formula is C14H23N. The monoisotopic (exact) mass is 205 g/mol. The van der Waals surface area contributed by atoms with E-state index in [-0.39, 0.29) is 0 Å². The maximum atomic E-state index is 3.45. The first kappa shape index (κ1) is 12.3. The average Bonchev–Trinajstić information content (AvgIpc) is 2.25. The van der Waals surface area contributed by atoms with Gasteiger partial charge in [-0.25, -0.2) is 0 Å². The summed E-state index contributed by atoms with van der Waals surface area (Å²) in [7, 11) is 2.06. The van der Waals surface area contributed by atoms with Crippen LogP contribution < -0.4 is 5.32 Å². The van der Waals surface area contributed by atoms with E-state index in [9.17, 15) is 0 Å². The van der Waals surface area contributed by atoms with E-state index in [0.717, 1.165) is 5.92 Å². The topological polar surface area (TPSA) is 12.0 Å². The molecule has 0 aliphatic heterocycles. The van der Waals surface area contributed by atoms with Crippen LogP contribution in [0, 0.1) is 12.8 Å². The van der Waals surface area contributed by atoms with Gasteiger partial charge >= 0.3 is 0 Å². The fourth-order valence-electron chi connectivity index (χ4n) is 2.30. The summed E-state index contributed by atoms with van der Waals surface area (Å²) in [6, 6.07) is 9.33. The van der Waals surface area contributed by atoms with Crippen LogP contribution in [0.1, 0.15) is 43.9 Å². The highest BCUT2D eigenvalue weighted by Gasteiger charge is 2.18. The molecule has 15 heavy (non-hydrogen) atoms. The lowest BCUT2D eigenvalue weighted by Gasteiger charge is -2.25. The number of hydrogen-bond acceptors (Lipinski definition) is 1. The Labute approximate surface area is 93.9 Å². The Hall–Kier alpha value is -0.820. The maximum absolute atomic E-state index is 3.45. The van der Waals surface area contributed by atoms with Gasteiger partial charge in [-0.1, -0.05) is 56.5 Å². The second-order valence-corrected chi connectivity index (χ2v) is 4.26. The zero-order valence-electron chi connectivity index (χ0n) is 10.4. The summed E-state index contributed by atoms with van der Waals surface area (Å²) in [4.78, 5) is 0. The summed E-state index contributed by atoms with van der Waals surface area (Å²) in [5, 5.41) is 3.45. The third-order valence-corrected chi connectivity index (χ3v) is 3.23. The normalized spacial score (nSPS) is 13.1. The molecule has 0 saturated heterocycles. The molecule has 84 valence electrons. The van der Waals surface area contributed by atoms with E-state index >= 15 is 0 Å². The van der Waals surface area contributed by atoms with Crippen molar-refractivity contribution in [3.8, 4) is 0 Å². The minimum atomic E-state index is 0.500. The van der Waals surface area contributed by atoms with Gasteiger partial charge in [0.25, 0.3) is 0 Å². The fraction of sp³-hybridized carbons (Fsp3) is 0.571. The first-order valence-electron chi connectivity index (χ1n) is 5.96. The fourth-order valence-corrected chi connectivity index (χ4v) is 2.30. The molecule has 1 aromatic carbocycles. The van der Waals surface area contributed by atoms with Crippen molar-refractivity contribution >= 4 is 0 Å². The lowest BCUT2D eigenvalue weighted by molar-refractivity contribution is 0.359. The highest BCUT2D eigenvalue weighted by atomic mass is 14.9. The molecule has 1 N–H and O–H groups in total. The van der Waals surface area contributed by atoms with Crippen molar-refractivity contribution in [3.63, 3.8) is 0 Å². The molecule has 0 aliphatic carbocycles. The number of hydrogen-bond donors (Lipinski definition) is 1. The molecule has 0 spiro atoms. The minimum Gasteiger partial charge on any atom is -0.313 e. The third kappa shape index (κ3) is 3.07. The Morgan fingerprint density at radius 2 is 1.87 bits per heavy atom. The largest absolute Gasteiger partial charge is 0.313 e. The highest BCUT2D eigenvalue weighted by molar-refractivity contribution is 5.25. The molecule has 1 unspecified atom stereocenters. The van der Waals surface area contributed by atoms with Crippen LogP contribution in [0.4, 0.5) is 0 Å². The number of benzene rings is 1. The van der Waals surface area contributed by atoms with E-state index < -0.39 is 0 Å². The minimum absolute atomic E-state index is 0.500. The molecule has 1 atom stereocenters. The predicted octanol–water partition coefficient (Wildman–Crippen LogP) is 3.69. The molecule has 1 heteroatoms. The molecular weight excluding hydrogens is 182 g/mol. The molecule has 0 amide bonds. The Bertz CT molecular complexity index is 289. The van der Waals surface area contributed by atoms with Gasteiger partial charge in [-0.3, -0.25) is 0 Å². The molecule has 0 heterocycles. The molecule has 0 radical (unpaired) electrons. The van der Waals surface area contributed by atoms with Crippen molar-refractivity contribution in [2.24, 2.45) is 5.92 Å². The molecule has 0 saturated carbocycles. The van der Waals surface area contributed by atoms with Gasteiger partial charge in [-0.15, -0.1) is 0 Å². The lowest BCUT2D eigenvalue weighted by atomic mass is 9.88. The zero-order chi connectivity index (χ0) is 11.3. The van der Waals surface area contributed by atoms with Gasteiger partial charge in [0.15, 0.2) is 0 Å². The lowest BCUT2D eigenvalue weighted by Crippen LogP contribution is -2.24. The first-order chi connectivity index (χ1) is 7.22. The highest BCUT2D eigenvalue weighted by Crippen LogP contribution is 2.27. The van der Waals surface area contributed by atoms with Crippen LogP contribution in [0.2, 0.25) is 0 Å². The molecule has 0 fully saturated rings. The van der Waals surface area contributed by atoms with E-state index in [4.69, 9.17) is 0 Å². The van der Waals surface area contributed by atoms with Gasteiger partial charge in [-0.05, 0) is 25.5 Å². The number of rotatable bonds is 5. The zero-order valence-corrected chi connectivity index (χ0v) is 10.4. The van der Waals surface area contributed by atoms with Crippen LogP contribution in [0.15, 0.2) is 24.3 Å². The molecule has 1 rings (SSSR count). The van der Waals surface area contributed by atoms with Crippen molar-refractivity contribution in [3.05, 3.63) is 35.4 Å². The molecule has 1 nitrogen and oxygen atoms in total.